The van der Waals surface area contributed by atoms with Crippen molar-refractivity contribution in [2.75, 3.05) is 0 Å². The fraction of sp³-hybridized carbons (Fsp3) is 0.111. The molecule has 0 radical (unpaired) electrons. The monoisotopic (exact) mass is 203 g/mol. The minimum Gasteiger partial charge on any atom is -0.206 e. The summed E-state index contributed by atoms with van der Waals surface area (Å²) in [5.74, 6) is -0.465. The number of aryl methyl sites for hydroxylation is 1. The van der Waals surface area contributed by atoms with Crippen LogP contribution in [0.2, 0.25) is 0 Å². The highest BCUT2D eigenvalue weighted by atomic mass is 19.1. The van der Waals surface area contributed by atoms with Gasteiger partial charge in [0.2, 0.25) is 0 Å². The second-order valence-electron chi connectivity index (χ2n) is 3.01. The fourth-order valence-electron chi connectivity index (χ4n) is 1.37. The summed E-state index contributed by atoms with van der Waals surface area (Å²) in [6.45, 7) is 1.79. The Morgan fingerprint density at radius 3 is 3.00 bits per heavy atom. The summed E-state index contributed by atoms with van der Waals surface area (Å²) in [6, 6.07) is 2.92. The van der Waals surface area contributed by atoms with Crippen LogP contribution in [0.3, 0.4) is 0 Å². The first-order valence-electron chi connectivity index (χ1n) is 4.19. The van der Waals surface area contributed by atoms with Gasteiger partial charge in [0.25, 0.3) is 0 Å². The molecule has 0 atom stereocenters. The van der Waals surface area contributed by atoms with Gasteiger partial charge in [0, 0.05) is 10.3 Å². The van der Waals surface area contributed by atoms with Gasteiger partial charge in [-0.1, -0.05) is 11.2 Å². The number of hydrogen-bond donors (Lipinski definition) is 0. The molecule has 1 aromatic heterocycles. The summed E-state index contributed by atoms with van der Waals surface area (Å²) in [5, 5.41) is 11.0. The molecular weight excluding hydrogens is 197 g/mol. The summed E-state index contributed by atoms with van der Waals surface area (Å²) in [7, 11) is 0. The van der Waals surface area contributed by atoms with E-state index in [0.29, 0.717) is 5.52 Å². The second kappa shape index (κ2) is 3.51. The zero-order valence-corrected chi connectivity index (χ0v) is 7.85. The highest BCUT2D eigenvalue weighted by Crippen LogP contribution is 2.27. The van der Waals surface area contributed by atoms with Gasteiger partial charge >= 0.3 is 0 Å². The molecule has 0 unspecified atom stereocenters. The van der Waals surface area contributed by atoms with E-state index in [4.69, 9.17) is 5.53 Å². The van der Waals surface area contributed by atoms with E-state index in [1.54, 1.807) is 13.0 Å². The third-order valence-electron chi connectivity index (χ3n) is 2.08. The van der Waals surface area contributed by atoms with E-state index < -0.39 is 5.82 Å². The molecule has 6 heteroatoms. The van der Waals surface area contributed by atoms with Gasteiger partial charge in [0.05, 0.1) is 17.4 Å². The smallest absolute Gasteiger partial charge is 0.133 e. The predicted molar refractivity (Wildman–Crippen MR) is 53.0 cm³/mol. The van der Waals surface area contributed by atoms with E-state index in [-0.39, 0.29) is 11.1 Å². The first kappa shape index (κ1) is 9.36. The largest absolute Gasteiger partial charge is 0.206 e. The Kier molecular flexibility index (Phi) is 2.19. The SMILES string of the molecule is Cc1ccc(F)c2c(N=[N+]=[N-])cnnc12. The van der Waals surface area contributed by atoms with Crippen LogP contribution < -0.4 is 0 Å². The Hall–Kier alpha value is -2.20. The Balaban J connectivity index is 2.95. The minimum atomic E-state index is -0.465. The lowest BCUT2D eigenvalue weighted by Crippen LogP contribution is -1.90. The van der Waals surface area contributed by atoms with Crippen molar-refractivity contribution < 1.29 is 4.39 Å². The molecule has 0 N–H and O–H groups in total. The Labute approximate surface area is 84.2 Å². The van der Waals surface area contributed by atoms with Crippen LogP contribution in [0.5, 0.6) is 0 Å². The van der Waals surface area contributed by atoms with Crippen molar-refractivity contribution in [2.24, 2.45) is 5.11 Å². The molecule has 2 rings (SSSR count). The summed E-state index contributed by atoms with van der Waals surface area (Å²) >= 11 is 0. The van der Waals surface area contributed by atoms with Gasteiger partial charge in [-0.25, -0.2) is 4.39 Å². The third-order valence-corrected chi connectivity index (χ3v) is 2.08. The van der Waals surface area contributed by atoms with Crippen LogP contribution in [0.15, 0.2) is 23.4 Å². The van der Waals surface area contributed by atoms with Gasteiger partial charge in [-0.2, -0.15) is 10.2 Å². The molecule has 74 valence electrons. The molecule has 15 heavy (non-hydrogen) atoms. The van der Waals surface area contributed by atoms with Gasteiger partial charge in [-0.15, -0.1) is 0 Å². The number of hydrogen-bond acceptors (Lipinski definition) is 3. The molecule has 0 aliphatic carbocycles. The van der Waals surface area contributed by atoms with E-state index in [0.717, 1.165) is 5.56 Å². The summed E-state index contributed by atoms with van der Waals surface area (Å²) in [4.78, 5) is 2.62. The molecule has 0 bridgehead atoms. The van der Waals surface area contributed by atoms with Crippen molar-refractivity contribution in [2.45, 2.75) is 6.92 Å². The number of nitrogens with zero attached hydrogens (tertiary/aromatic N) is 5. The topological polar surface area (TPSA) is 74.5 Å². The van der Waals surface area contributed by atoms with Crippen LogP contribution in [0, 0.1) is 12.7 Å². The van der Waals surface area contributed by atoms with E-state index in [1.807, 2.05) is 0 Å². The lowest BCUT2D eigenvalue weighted by atomic mass is 10.1. The highest BCUT2D eigenvalue weighted by Gasteiger charge is 2.08. The molecule has 0 fully saturated rings. The standard InChI is InChI=1S/C9H6FN5/c1-5-2-3-6(10)8-7(13-15-11)4-12-14-9(5)8/h2-4H,1H3. The minimum absolute atomic E-state index is 0.156. The summed E-state index contributed by atoms with van der Waals surface area (Å²) in [6.07, 6.45) is 1.24. The zero-order chi connectivity index (χ0) is 10.8. The van der Waals surface area contributed by atoms with Crippen LogP contribution in [-0.4, -0.2) is 10.2 Å². The molecule has 0 saturated carbocycles. The Morgan fingerprint density at radius 2 is 2.27 bits per heavy atom. The summed E-state index contributed by atoms with van der Waals surface area (Å²) < 4.78 is 13.5. The first-order valence-corrected chi connectivity index (χ1v) is 4.19. The summed E-state index contributed by atoms with van der Waals surface area (Å²) in [5.41, 5.74) is 9.69. The number of azide groups is 1. The molecule has 1 heterocycles. The second-order valence-corrected chi connectivity index (χ2v) is 3.01. The number of fused-ring (bicyclic) bond motifs is 1. The van der Waals surface area contributed by atoms with Crippen LogP contribution in [0.25, 0.3) is 21.3 Å². The van der Waals surface area contributed by atoms with Crippen molar-refractivity contribution in [3.8, 4) is 0 Å². The normalized spacial score (nSPS) is 10.0. The molecule has 1 aromatic carbocycles. The van der Waals surface area contributed by atoms with E-state index in [1.165, 1.54) is 12.3 Å². The maximum atomic E-state index is 13.5. The zero-order valence-electron chi connectivity index (χ0n) is 7.85. The number of aromatic nitrogens is 2. The molecule has 0 amide bonds. The molecule has 0 saturated heterocycles. The third kappa shape index (κ3) is 1.47. The lowest BCUT2D eigenvalue weighted by Gasteiger charge is -2.03. The highest BCUT2D eigenvalue weighted by molar-refractivity contribution is 5.91. The number of halogens is 1. The van der Waals surface area contributed by atoms with Crippen molar-refractivity contribution in [1.29, 1.82) is 0 Å². The van der Waals surface area contributed by atoms with Crippen molar-refractivity contribution in [3.05, 3.63) is 40.2 Å². The maximum absolute atomic E-state index is 13.5. The molecular formula is C9H6FN5. The van der Waals surface area contributed by atoms with Crippen LogP contribution in [-0.2, 0) is 0 Å². The van der Waals surface area contributed by atoms with Gasteiger partial charge in [0.1, 0.15) is 5.82 Å². The van der Waals surface area contributed by atoms with Gasteiger partial charge < -0.3 is 0 Å². The Morgan fingerprint density at radius 1 is 1.47 bits per heavy atom. The van der Waals surface area contributed by atoms with Crippen LogP contribution in [0.4, 0.5) is 10.1 Å². The van der Waals surface area contributed by atoms with E-state index in [2.05, 4.69) is 20.2 Å². The van der Waals surface area contributed by atoms with Gasteiger partial charge in [-0.3, -0.25) is 0 Å². The number of rotatable bonds is 1. The van der Waals surface area contributed by atoms with Crippen LogP contribution in [0.1, 0.15) is 5.56 Å². The quantitative estimate of drug-likeness (QED) is 0.405. The molecule has 0 aliphatic rings. The molecule has 0 spiro atoms. The van der Waals surface area contributed by atoms with Crippen molar-refractivity contribution in [1.82, 2.24) is 10.2 Å². The molecule has 2 aromatic rings. The maximum Gasteiger partial charge on any atom is 0.133 e. The average molecular weight is 203 g/mol. The van der Waals surface area contributed by atoms with Crippen LogP contribution >= 0.6 is 0 Å². The lowest BCUT2D eigenvalue weighted by molar-refractivity contribution is 0.639. The first-order chi connectivity index (χ1) is 7.24. The molecule has 5 nitrogen and oxygen atoms in total. The van der Waals surface area contributed by atoms with E-state index >= 15 is 0 Å². The van der Waals surface area contributed by atoms with Gasteiger partial charge in [0.15, 0.2) is 0 Å². The predicted octanol–water partition coefficient (Wildman–Crippen LogP) is 3.02. The Bertz CT molecular complexity index is 574. The van der Waals surface area contributed by atoms with Crippen molar-refractivity contribution >= 4 is 16.6 Å². The van der Waals surface area contributed by atoms with E-state index in [9.17, 15) is 4.39 Å². The van der Waals surface area contributed by atoms with Gasteiger partial charge in [-0.05, 0) is 24.1 Å². The average Bonchev–Trinajstić information content (AvgIpc) is 2.24. The number of benzene rings is 1. The molecule has 0 aliphatic heterocycles. The fourth-order valence-corrected chi connectivity index (χ4v) is 1.37. The van der Waals surface area contributed by atoms with Crippen molar-refractivity contribution in [3.63, 3.8) is 0 Å².